The molecule has 3 rings (SSSR count). The van der Waals surface area contributed by atoms with E-state index in [1.54, 1.807) is 18.5 Å². The van der Waals surface area contributed by atoms with Gasteiger partial charge in [0.2, 0.25) is 0 Å². The predicted molar refractivity (Wildman–Crippen MR) is 64.1 cm³/mol. The molecule has 86 valence electrons. The van der Waals surface area contributed by atoms with Crippen molar-refractivity contribution in [2.45, 2.75) is 12.2 Å². The second kappa shape index (κ2) is 4.02. The van der Waals surface area contributed by atoms with Gasteiger partial charge in [0.15, 0.2) is 6.10 Å². The fourth-order valence-corrected chi connectivity index (χ4v) is 2.11. The molecule has 2 heterocycles. The van der Waals surface area contributed by atoms with Gasteiger partial charge in [0, 0.05) is 23.0 Å². The Hall–Kier alpha value is -1.58. The maximum atomic E-state index is 12.0. The minimum absolute atomic E-state index is 0.0556. The Labute approximate surface area is 104 Å². The molecule has 0 N–H and O–H groups in total. The minimum atomic E-state index is -0.415. The molecule has 0 saturated carbocycles. The summed E-state index contributed by atoms with van der Waals surface area (Å²) in [5.74, 6) is -0.0556. The smallest absolute Gasteiger partial charge is 0.262 e. The molecule has 0 unspecified atom stereocenters. The van der Waals surface area contributed by atoms with Crippen LogP contribution in [0, 0.1) is 0 Å². The lowest BCUT2D eigenvalue weighted by Gasteiger charge is -1.99. The first-order chi connectivity index (χ1) is 8.27. The van der Waals surface area contributed by atoms with Crippen LogP contribution >= 0.6 is 11.6 Å². The number of carbonyl (C=O) groups excluding carboxylic acids is 1. The van der Waals surface area contributed by atoms with Crippen molar-refractivity contribution in [3.63, 3.8) is 0 Å². The average Bonchev–Trinajstić information content (AvgIpc) is 2.93. The first-order valence-electron chi connectivity index (χ1n) is 5.34. The molecule has 0 spiro atoms. The number of benzene rings is 1. The van der Waals surface area contributed by atoms with E-state index >= 15 is 0 Å². The summed E-state index contributed by atoms with van der Waals surface area (Å²) in [7, 11) is 0. The molecule has 1 aliphatic heterocycles. The Morgan fingerprint density at radius 2 is 1.88 bits per heavy atom. The standard InChI is InChI=1S/C13H10ClNO2/c14-10-6-2-1-5-9(10)11-12(17-11)13(16)15-7-3-4-8-15/h1-8,11-12H/t11-,12+/m1/s1. The maximum Gasteiger partial charge on any atom is 0.262 e. The van der Waals surface area contributed by atoms with Crippen LogP contribution in [0.15, 0.2) is 48.8 Å². The normalized spacial score (nSPS) is 22.4. The van der Waals surface area contributed by atoms with Gasteiger partial charge in [-0.2, -0.15) is 0 Å². The number of rotatable bonds is 2. The summed E-state index contributed by atoms with van der Waals surface area (Å²) in [6, 6.07) is 11.1. The van der Waals surface area contributed by atoms with Crippen LogP contribution in [0.25, 0.3) is 0 Å². The number of hydrogen-bond donors (Lipinski definition) is 0. The summed E-state index contributed by atoms with van der Waals surface area (Å²) in [6.07, 6.45) is 2.81. The van der Waals surface area contributed by atoms with Gasteiger partial charge in [-0.15, -0.1) is 0 Å². The molecule has 3 nitrogen and oxygen atoms in total. The zero-order valence-corrected chi connectivity index (χ0v) is 9.67. The van der Waals surface area contributed by atoms with Gasteiger partial charge in [-0.25, -0.2) is 0 Å². The molecule has 2 aromatic rings. The van der Waals surface area contributed by atoms with Gasteiger partial charge in [0.05, 0.1) is 0 Å². The molecule has 2 atom stereocenters. The molecule has 0 radical (unpaired) electrons. The predicted octanol–water partition coefficient (Wildman–Crippen LogP) is 2.92. The van der Waals surface area contributed by atoms with Crippen molar-refractivity contribution in [3.05, 3.63) is 59.4 Å². The van der Waals surface area contributed by atoms with E-state index in [0.717, 1.165) is 5.56 Å². The van der Waals surface area contributed by atoms with Crippen molar-refractivity contribution in [1.29, 1.82) is 0 Å². The van der Waals surface area contributed by atoms with Crippen molar-refractivity contribution in [1.82, 2.24) is 4.57 Å². The summed E-state index contributed by atoms with van der Waals surface area (Å²) in [5, 5.41) is 0.639. The van der Waals surface area contributed by atoms with Gasteiger partial charge in [0.1, 0.15) is 6.10 Å². The molecule has 1 fully saturated rings. The Morgan fingerprint density at radius 3 is 2.59 bits per heavy atom. The third-order valence-corrected chi connectivity index (χ3v) is 3.15. The Balaban J connectivity index is 1.79. The Bertz CT molecular complexity index is 550. The molecule has 17 heavy (non-hydrogen) atoms. The van der Waals surface area contributed by atoms with Gasteiger partial charge in [-0.3, -0.25) is 9.36 Å². The molecular weight excluding hydrogens is 238 g/mol. The first kappa shape index (κ1) is 10.6. The third-order valence-electron chi connectivity index (χ3n) is 2.81. The SMILES string of the molecule is O=C([C@H]1O[C@@H]1c1ccccc1Cl)n1cccc1. The monoisotopic (exact) mass is 247 g/mol. The second-order valence-corrected chi connectivity index (χ2v) is 4.33. The van der Waals surface area contributed by atoms with E-state index in [4.69, 9.17) is 16.3 Å². The quantitative estimate of drug-likeness (QED) is 0.765. The van der Waals surface area contributed by atoms with Crippen molar-refractivity contribution in [2.24, 2.45) is 0 Å². The molecule has 1 aliphatic rings. The fraction of sp³-hybridized carbons (Fsp3) is 0.154. The van der Waals surface area contributed by atoms with Crippen LogP contribution in [-0.4, -0.2) is 16.6 Å². The number of nitrogens with zero attached hydrogens (tertiary/aromatic N) is 1. The van der Waals surface area contributed by atoms with Crippen LogP contribution in [0.2, 0.25) is 5.02 Å². The van der Waals surface area contributed by atoms with E-state index in [2.05, 4.69) is 0 Å². The van der Waals surface area contributed by atoms with Crippen molar-refractivity contribution in [2.75, 3.05) is 0 Å². The van der Waals surface area contributed by atoms with Gasteiger partial charge in [-0.1, -0.05) is 29.8 Å². The van der Waals surface area contributed by atoms with Gasteiger partial charge < -0.3 is 4.74 Å². The Kier molecular flexibility index (Phi) is 2.50. The van der Waals surface area contributed by atoms with Crippen LogP contribution in [0.4, 0.5) is 0 Å². The number of ether oxygens (including phenoxy) is 1. The Morgan fingerprint density at radius 1 is 1.18 bits per heavy atom. The topological polar surface area (TPSA) is 34.5 Å². The first-order valence-corrected chi connectivity index (χ1v) is 5.72. The van der Waals surface area contributed by atoms with Gasteiger partial charge in [-0.05, 0) is 18.2 Å². The number of aromatic nitrogens is 1. The largest absolute Gasteiger partial charge is 0.354 e. The number of hydrogen-bond acceptors (Lipinski definition) is 2. The summed E-state index contributed by atoms with van der Waals surface area (Å²) >= 11 is 6.06. The zero-order chi connectivity index (χ0) is 11.8. The van der Waals surface area contributed by atoms with E-state index in [0.29, 0.717) is 5.02 Å². The summed E-state index contributed by atoms with van der Waals surface area (Å²) in [5.41, 5.74) is 0.875. The molecule has 4 heteroatoms. The van der Waals surface area contributed by atoms with E-state index in [1.165, 1.54) is 4.57 Å². The zero-order valence-electron chi connectivity index (χ0n) is 8.92. The molecule has 0 bridgehead atoms. The van der Waals surface area contributed by atoms with E-state index in [1.807, 2.05) is 30.3 Å². The van der Waals surface area contributed by atoms with Crippen molar-refractivity contribution in [3.8, 4) is 0 Å². The molecule has 1 aromatic heterocycles. The van der Waals surface area contributed by atoms with E-state index < -0.39 is 6.10 Å². The van der Waals surface area contributed by atoms with Crippen molar-refractivity contribution < 1.29 is 9.53 Å². The lowest BCUT2D eigenvalue weighted by Crippen LogP contribution is -2.15. The van der Waals surface area contributed by atoms with E-state index in [9.17, 15) is 4.79 Å². The highest BCUT2D eigenvalue weighted by Crippen LogP contribution is 2.42. The maximum absolute atomic E-state index is 12.0. The second-order valence-electron chi connectivity index (χ2n) is 3.93. The molecule has 1 aromatic carbocycles. The molecular formula is C13H10ClNO2. The highest BCUT2D eigenvalue weighted by atomic mass is 35.5. The number of halogens is 1. The molecule has 1 saturated heterocycles. The average molecular weight is 248 g/mol. The summed E-state index contributed by atoms with van der Waals surface area (Å²) < 4.78 is 6.94. The van der Waals surface area contributed by atoms with Crippen LogP contribution in [0.3, 0.4) is 0 Å². The van der Waals surface area contributed by atoms with Gasteiger partial charge >= 0.3 is 0 Å². The third kappa shape index (κ3) is 1.88. The lowest BCUT2D eigenvalue weighted by atomic mass is 10.1. The number of carbonyl (C=O) groups is 1. The lowest BCUT2D eigenvalue weighted by molar-refractivity contribution is 0.0872. The van der Waals surface area contributed by atoms with Gasteiger partial charge in [0.25, 0.3) is 5.91 Å². The van der Waals surface area contributed by atoms with Crippen LogP contribution in [0.1, 0.15) is 16.5 Å². The highest BCUT2D eigenvalue weighted by molar-refractivity contribution is 6.31. The number of epoxide rings is 1. The molecule has 0 aliphatic carbocycles. The van der Waals surface area contributed by atoms with E-state index in [-0.39, 0.29) is 12.0 Å². The van der Waals surface area contributed by atoms with Crippen LogP contribution < -0.4 is 0 Å². The highest BCUT2D eigenvalue weighted by Gasteiger charge is 2.47. The van der Waals surface area contributed by atoms with Crippen LogP contribution in [-0.2, 0) is 4.74 Å². The minimum Gasteiger partial charge on any atom is -0.354 e. The summed E-state index contributed by atoms with van der Waals surface area (Å²) in [4.78, 5) is 12.0. The van der Waals surface area contributed by atoms with Crippen molar-refractivity contribution >= 4 is 17.5 Å². The summed E-state index contributed by atoms with van der Waals surface area (Å²) in [6.45, 7) is 0. The fourth-order valence-electron chi connectivity index (χ4n) is 1.87. The van der Waals surface area contributed by atoms with Crippen LogP contribution in [0.5, 0.6) is 0 Å². The molecule has 0 amide bonds.